The van der Waals surface area contributed by atoms with Crippen molar-refractivity contribution in [2.75, 3.05) is 18.5 Å². The molecule has 27 heavy (non-hydrogen) atoms. The van der Waals surface area contributed by atoms with Crippen molar-refractivity contribution in [2.24, 2.45) is 0 Å². The molecule has 148 valence electrons. The van der Waals surface area contributed by atoms with Crippen LogP contribution in [0.5, 0.6) is 0 Å². The van der Waals surface area contributed by atoms with E-state index in [-0.39, 0.29) is 15.6 Å². The number of hydrogen-bond acceptors (Lipinski definition) is 6. The summed E-state index contributed by atoms with van der Waals surface area (Å²) in [6.45, 7) is 7.95. The molecule has 0 saturated heterocycles. The summed E-state index contributed by atoms with van der Waals surface area (Å²) in [5, 5.41) is 0. The number of aryl methyl sites for hydroxylation is 2. The van der Waals surface area contributed by atoms with Gasteiger partial charge in [0.1, 0.15) is 10.7 Å². The minimum Gasteiger partial charge on any atom is -0.292 e. The van der Waals surface area contributed by atoms with Crippen LogP contribution < -0.4 is 10.3 Å². The molecule has 0 aliphatic heterocycles. The van der Waals surface area contributed by atoms with Gasteiger partial charge in [0.25, 0.3) is 10.0 Å². The Balaban J connectivity index is 2.14. The number of nitrogens with zero attached hydrogens (tertiary/aromatic N) is 2. The smallest absolute Gasteiger partial charge is 0.257 e. The zero-order chi connectivity index (χ0) is 20.2. The van der Waals surface area contributed by atoms with E-state index < -0.39 is 20.0 Å². The zero-order valence-corrected chi connectivity index (χ0v) is 17.4. The first-order valence-corrected chi connectivity index (χ1v) is 11.4. The molecule has 0 aliphatic rings. The van der Waals surface area contributed by atoms with Gasteiger partial charge in [0.15, 0.2) is 0 Å². The molecule has 0 atom stereocenters. The topological polar surface area (TPSA) is 108 Å². The van der Waals surface area contributed by atoms with Crippen LogP contribution in [-0.2, 0) is 20.0 Å². The van der Waals surface area contributed by atoms with Gasteiger partial charge in [-0.15, -0.1) is 4.83 Å². The normalized spacial score (nSPS) is 12.3. The number of hydrazine groups is 1. The van der Waals surface area contributed by atoms with E-state index in [4.69, 9.17) is 0 Å². The first-order chi connectivity index (χ1) is 12.6. The Kier molecular flexibility index (Phi) is 6.58. The highest BCUT2D eigenvalue weighted by molar-refractivity contribution is 7.89. The molecular formula is C17H24N4O4S2. The van der Waals surface area contributed by atoms with Crippen LogP contribution in [0.15, 0.2) is 46.3 Å². The second kappa shape index (κ2) is 8.34. The van der Waals surface area contributed by atoms with Gasteiger partial charge in [-0.1, -0.05) is 19.9 Å². The van der Waals surface area contributed by atoms with Crippen molar-refractivity contribution in [3.63, 3.8) is 0 Å². The van der Waals surface area contributed by atoms with Crippen molar-refractivity contribution in [3.05, 3.63) is 47.7 Å². The van der Waals surface area contributed by atoms with Crippen molar-refractivity contribution in [1.82, 2.24) is 14.1 Å². The quantitative estimate of drug-likeness (QED) is 0.642. The standard InChI is InChI=1S/C17H24N4O4S2/c1-5-21(6-2)27(24,25)16-9-10-17(18-12-16)19-20-26(22,23)15-8-7-13(3)14(4)11-15/h7-12,20H,5-6H2,1-4H3,(H,18,19). The van der Waals surface area contributed by atoms with Crippen molar-refractivity contribution in [1.29, 1.82) is 0 Å². The number of sulfonamides is 2. The number of anilines is 1. The van der Waals surface area contributed by atoms with E-state index in [0.717, 1.165) is 11.1 Å². The van der Waals surface area contributed by atoms with Crippen LogP contribution in [0, 0.1) is 13.8 Å². The zero-order valence-electron chi connectivity index (χ0n) is 15.7. The molecule has 0 amide bonds. The van der Waals surface area contributed by atoms with E-state index in [1.165, 1.54) is 28.7 Å². The summed E-state index contributed by atoms with van der Waals surface area (Å²) in [6, 6.07) is 7.60. The summed E-state index contributed by atoms with van der Waals surface area (Å²) in [5.41, 5.74) is 4.35. The Bertz CT molecular complexity index is 1000. The van der Waals surface area contributed by atoms with Crippen molar-refractivity contribution < 1.29 is 16.8 Å². The number of rotatable bonds is 8. The van der Waals surface area contributed by atoms with Crippen LogP contribution in [0.1, 0.15) is 25.0 Å². The molecule has 0 fully saturated rings. The fraction of sp³-hybridized carbons (Fsp3) is 0.353. The monoisotopic (exact) mass is 412 g/mol. The third kappa shape index (κ3) is 4.83. The van der Waals surface area contributed by atoms with Crippen molar-refractivity contribution in [3.8, 4) is 0 Å². The average Bonchev–Trinajstić information content (AvgIpc) is 2.63. The van der Waals surface area contributed by atoms with E-state index in [1.807, 2.05) is 13.8 Å². The van der Waals surface area contributed by atoms with Gasteiger partial charge in [-0.05, 0) is 49.2 Å². The summed E-state index contributed by atoms with van der Waals surface area (Å²) in [6.07, 6.45) is 1.19. The fourth-order valence-corrected chi connectivity index (χ4v) is 4.72. The predicted molar refractivity (Wildman–Crippen MR) is 104 cm³/mol. The summed E-state index contributed by atoms with van der Waals surface area (Å²) in [5.74, 6) is 0.181. The van der Waals surface area contributed by atoms with Gasteiger partial charge >= 0.3 is 0 Å². The van der Waals surface area contributed by atoms with Gasteiger partial charge in [0, 0.05) is 19.3 Å². The maximum Gasteiger partial charge on any atom is 0.257 e. The minimum absolute atomic E-state index is 0.0498. The van der Waals surface area contributed by atoms with Crippen molar-refractivity contribution in [2.45, 2.75) is 37.5 Å². The summed E-state index contributed by atoms with van der Waals surface area (Å²) in [7, 11) is -7.39. The first-order valence-electron chi connectivity index (χ1n) is 8.43. The Labute approximate surface area is 160 Å². The van der Waals surface area contributed by atoms with Crippen LogP contribution in [0.4, 0.5) is 5.82 Å². The lowest BCUT2D eigenvalue weighted by molar-refractivity contribution is 0.445. The Hall–Kier alpha value is -2.01. The van der Waals surface area contributed by atoms with Gasteiger partial charge in [-0.25, -0.2) is 21.8 Å². The third-order valence-corrected chi connectivity index (χ3v) is 7.46. The number of hydrogen-bond donors (Lipinski definition) is 2. The van der Waals surface area contributed by atoms with Gasteiger partial charge in [0.05, 0.1) is 4.90 Å². The number of pyridine rings is 1. The van der Waals surface area contributed by atoms with Crippen LogP contribution >= 0.6 is 0 Å². The second-order valence-corrected chi connectivity index (χ2v) is 9.57. The van der Waals surface area contributed by atoms with Crippen LogP contribution in [0.2, 0.25) is 0 Å². The predicted octanol–water partition coefficient (Wildman–Crippen LogP) is 2.03. The van der Waals surface area contributed by atoms with E-state index in [9.17, 15) is 16.8 Å². The third-order valence-electron chi connectivity index (χ3n) is 4.18. The molecule has 2 rings (SSSR count). The maximum atomic E-state index is 12.4. The highest BCUT2D eigenvalue weighted by atomic mass is 32.2. The Morgan fingerprint density at radius 3 is 2.07 bits per heavy atom. The molecule has 0 spiro atoms. The SMILES string of the molecule is CCN(CC)S(=O)(=O)c1ccc(NNS(=O)(=O)c2ccc(C)c(C)c2)nc1. The van der Waals surface area contributed by atoms with Crippen molar-refractivity contribution >= 4 is 25.9 Å². The van der Waals surface area contributed by atoms with E-state index in [2.05, 4.69) is 15.2 Å². The van der Waals surface area contributed by atoms with Gasteiger partial charge in [0.2, 0.25) is 10.0 Å². The van der Waals surface area contributed by atoms with E-state index in [0.29, 0.717) is 13.1 Å². The first kappa shape index (κ1) is 21.3. The molecular weight excluding hydrogens is 388 g/mol. The molecule has 8 nitrogen and oxygen atoms in total. The fourth-order valence-electron chi connectivity index (χ4n) is 2.38. The maximum absolute atomic E-state index is 12.4. The molecule has 1 aromatic heterocycles. The molecule has 0 unspecified atom stereocenters. The molecule has 2 N–H and O–H groups in total. The largest absolute Gasteiger partial charge is 0.292 e. The van der Waals surface area contributed by atoms with Crippen LogP contribution in [0.3, 0.4) is 0 Å². The summed E-state index contributed by atoms with van der Waals surface area (Å²) < 4.78 is 50.9. The lowest BCUT2D eigenvalue weighted by Crippen LogP contribution is -2.31. The second-order valence-electron chi connectivity index (χ2n) is 5.95. The van der Waals surface area contributed by atoms with Gasteiger partial charge in [-0.2, -0.15) is 4.31 Å². The lowest BCUT2D eigenvalue weighted by atomic mass is 10.1. The van der Waals surface area contributed by atoms with E-state index >= 15 is 0 Å². The highest BCUT2D eigenvalue weighted by Gasteiger charge is 2.22. The minimum atomic E-state index is -3.79. The molecule has 0 radical (unpaired) electrons. The molecule has 2 aromatic rings. The van der Waals surface area contributed by atoms with Crippen LogP contribution in [0.25, 0.3) is 0 Å². The summed E-state index contributed by atoms with van der Waals surface area (Å²) in [4.78, 5) is 6.40. The van der Waals surface area contributed by atoms with Gasteiger partial charge < -0.3 is 0 Å². The molecule has 1 aromatic carbocycles. The molecule has 0 aliphatic carbocycles. The number of nitrogens with one attached hydrogen (secondary N) is 2. The van der Waals surface area contributed by atoms with E-state index in [1.54, 1.807) is 26.0 Å². The highest BCUT2D eigenvalue weighted by Crippen LogP contribution is 2.17. The number of aromatic nitrogens is 1. The number of benzene rings is 1. The molecule has 0 saturated carbocycles. The van der Waals surface area contributed by atoms with Gasteiger partial charge in [-0.3, -0.25) is 5.43 Å². The Morgan fingerprint density at radius 1 is 0.926 bits per heavy atom. The Morgan fingerprint density at radius 2 is 1.56 bits per heavy atom. The summed E-state index contributed by atoms with van der Waals surface area (Å²) >= 11 is 0. The molecule has 10 heteroatoms. The average molecular weight is 413 g/mol. The van der Waals surface area contributed by atoms with Crippen LogP contribution in [-0.4, -0.2) is 39.2 Å². The lowest BCUT2D eigenvalue weighted by Gasteiger charge is -2.18. The molecule has 1 heterocycles. The molecule has 0 bridgehead atoms.